The van der Waals surface area contributed by atoms with Crippen LogP contribution in [0.4, 0.5) is 0 Å². The van der Waals surface area contributed by atoms with Crippen LogP contribution >= 0.6 is 0 Å². The third kappa shape index (κ3) is 2.57. The molecule has 0 saturated carbocycles. The SMILES string of the molecule is CCCC=C(C)N1CCCC1. The maximum absolute atomic E-state index is 2.50. The van der Waals surface area contributed by atoms with Crippen LogP contribution in [-0.4, -0.2) is 18.0 Å². The van der Waals surface area contributed by atoms with E-state index in [0.717, 1.165) is 0 Å². The molecular formula is C10H19N. The summed E-state index contributed by atoms with van der Waals surface area (Å²) in [5.41, 5.74) is 1.49. The van der Waals surface area contributed by atoms with E-state index in [2.05, 4.69) is 24.8 Å². The van der Waals surface area contributed by atoms with Crippen LogP contribution in [-0.2, 0) is 0 Å². The fourth-order valence-electron chi connectivity index (χ4n) is 1.55. The molecule has 1 heteroatoms. The lowest BCUT2D eigenvalue weighted by Crippen LogP contribution is -2.16. The molecular weight excluding hydrogens is 134 g/mol. The summed E-state index contributed by atoms with van der Waals surface area (Å²) in [6, 6.07) is 0. The van der Waals surface area contributed by atoms with Gasteiger partial charge in [0.25, 0.3) is 0 Å². The summed E-state index contributed by atoms with van der Waals surface area (Å²) in [4.78, 5) is 2.50. The fraction of sp³-hybridized carbons (Fsp3) is 0.800. The molecule has 0 aliphatic carbocycles. The van der Waals surface area contributed by atoms with Crippen molar-refractivity contribution in [1.29, 1.82) is 0 Å². The zero-order valence-electron chi connectivity index (χ0n) is 7.77. The molecule has 0 N–H and O–H groups in total. The van der Waals surface area contributed by atoms with Gasteiger partial charge in [-0.25, -0.2) is 0 Å². The molecule has 0 aromatic carbocycles. The van der Waals surface area contributed by atoms with Crippen LogP contribution in [0, 0.1) is 0 Å². The molecule has 0 radical (unpaired) electrons. The van der Waals surface area contributed by atoms with Crippen LogP contribution in [0.25, 0.3) is 0 Å². The molecule has 1 aliphatic rings. The Balaban J connectivity index is 2.32. The fourth-order valence-corrected chi connectivity index (χ4v) is 1.55. The Labute approximate surface area is 70.1 Å². The maximum Gasteiger partial charge on any atom is 0.0175 e. The van der Waals surface area contributed by atoms with Gasteiger partial charge in [-0.3, -0.25) is 0 Å². The number of rotatable bonds is 3. The normalized spacial score (nSPS) is 19.5. The van der Waals surface area contributed by atoms with Gasteiger partial charge >= 0.3 is 0 Å². The molecule has 1 nitrogen and oxygen atoms in total. The van der Waals surface area contributed by atoms with Gasteiger partial charge in [0.1, 0.15) is 0 Å². The second-order valence-corrected chi connectivity index (χ2v) is 3.33. The van der Waals surface area contributed by atoms with Crippen molar-refractivity contribution in [3.05, 3.63) is 11.8 Å². The third-order valence-electron chi connectivity index (χ3n) is 2.33. The molecule has 0 aromatic heterocycles. The first-order valence-corrected chi connectivity index (χ1v) is 4.76. The minimum absolute atomic E-state index is 1.24. The van der Waals surface area contributed by atoms with Gasteiger partial charge in [-0.15, -0.1) is 0 Å². The van der Waals surface area contributed by atoms with Gasteiger partial charge in [0.2, 0.25) is 0 Å². The van der Waals surface area contributed by atoms with E-state index in [0.29, 0.717) is 0 Å². The highest BCUT2D eigenvalue weighted by Gasteiger charge is 2.10. The molecule has 0 aromatic rings. The number of nitrogens with zero attached hydrogens (tertiary/aromatic N) is 1. The van der Waals surface area contributed by atoms with Crippen LogP contribution in [0.3, 0.4) is 0 Å². The van der Waals surface area contributed by atoms with E-state index in [1.54, 1.807) is 0 Å². The Kier molecular flexibility index (Phi) is 3.47. The molecule has 1 fully saturated rings. The monoisotopic (exact) mass is 153 g/mol. The van der Waals surface area contributed by atoms with Crippen molar-refractivity contribution in [1.82, 2.24) is 4.90 Å². The lowest BCUT2D eigenvalue weighted by Gasteiger charge is -2.17. The topological polar surface area (TPSA) is 3.24 Å². The van der Waals surface area contributed by atoms with E-state index in [4.69, 9.17) is 0 Å². The van der Waals surface area contributed by atoms with Gasteiger partial charge in [-0.1, -0.05) is 19.4 Å². The summed E-state index contributed by atoms with van der Waals surface area (Å²) < 4.78 is 0. The Morgan fingerprint density at radius 3 is 2.55 bits per heavy atom. The van der Waals surface area contributed by atoms with Gasteiger partial charge in [0, 0.05) is 18.8 Å². The average Bonchev–Trinajstić information content (AvgIpc) is 2.52. The first-order chi connectivity index (χ1) is 5.34. The van der Waals surface area contributed by atoms with Crippen LogP contribution in [0.1, 0.15) is 39.5 Å². The highest BCUT2D eigenvalue weighted by molar-refractivity contribution is 4.98. The lowest BCUT2D eigenvalue weighted by molar-refractivity contribution is 0.425. The van der Waals surface area contributed by atoms with Crippen molar-refractivity contribution < 1.29 is 0 Å². The van der Waals surface area contributed by atoms with E-state index in [-0.39, 0.29) is 0 Å². The van der Waals surface area contributed by atoms with Crippen LogP contribution < -0.4 is 0 Å². The Bertz CT molecular complexity index is 132. The summed E-state index contributed by atoms with van der Waals surface area (Å²) in [6.45, 7) is 7.03. The Morgan fingerprint density at radius 2 is 2.00 bits per heavy atom. The van der Waals surface area contributed by atoms with Crippen molar-refractivity contribution in [2.24, 2.45) is 0 Å². The first-order valence-electron chi connectivity index (χ1n) is 4.76. The molecule has 1 heterocycles. The summed E-state index contributed by atoms with van der Waals surface area (Å²) in [5.74, 6) is 0. The maximum atomic E-state index is 2.50. The van der Waals surface area contributed by atoms with Crippen LogP contribution in [0.5, 0.6) is 0 Å². The molecule has 0 amide bonds. The summed E-state index contributed by atoms with van der Waals surface area (Å²) in [5, 5.41) is 0. The number of unbranched alkanes of at least 4 members (excludes halogenated alkanes) is 1. The zero-order valence-corrected chi connectivity index (χ0v) is 7.77. The van der Waals surface area contributed by atoms with Crippen molar-refractivity contribution in [3.63, 3.8) is 0 Å². The van der Waals surface area contributed by atoms with Gasteiger partial charge in [-0.2, -0.15) is 0 Å². The van der Waals surface area contributed by atoms with Crippen molar-refractivity contribution >= 4 is 0 Å². The smallest absolute Gasteiger partial charge is 0.0175 e. The summed E-state index contributed by atoms with van der Waals surface area (Å²) in [6.07, 6.45) is 7.65. The highest BCUT2D eigenvalue weighted by atomic mass is 15.1. The molecule has 1 saturated heterocycles. The van der Waals surface area contributed by atoms with E-state index in [1.165, 1.54) is 44.5 Å². The van der Waals surface area contributed by atoms with E-state index in [9.17, 15) is 0 Å². The standard InChI is InChI=1S/C10H19N/c1-3-4-7-10(2)11-8-5-6-9-11/h7H,3-6,8-9H2,1-2H3. The Morgan fingerprint density at radius 1 is 1.36 bits per heavy atom. The van der Waals surface area contributed by atoms with Gasteiger partial charge in [0.15, 0.2) is 0 Å². The molecule has 1 aliphatic heterocycles. The average molecular weight is 153 g/mol. The molecule has 0 bridgehead atoms. The number of likely N-dealkylation sites (tertiary alicyclic amines) is 1. The molecule has 0 unspecified atom stereocenters. The Hall–Kier alpha value is -0.460. The van der Waals surface area contributed by atoms with Gasteiger partial charge in [-0.05, 0) is 26.2 Å². The summed E-state index contributed by atoms with van der Waals surface area (Å²) in [7, 11) is 0. The van der Waals surface area contributed by atoms with Crippen LogP contribution in [0.2, 0.25) is 0 Å². The molecule has 0 spiro atoms. The van der Waals surface area contributed by atoms with Crippen LogP contribution in [0.15, 0.2) is 11.8 Å². The highest BCUT2D eigenvalue weighted by Crippen LogP contribution is 2.14. The number of hydrogen-bond acceptors (Lipinski definition) is 1. The second-order valence-electron chi connectivity index (χ2n) is 3.33. The molecule has 64 valence electrons. The predicted octanol–water partition coefficient (Wildman–Crippen LogP) is 2.79. The first kappa shape index (κ1) is 8.63. The van der Waals surface area contributed by atoms with Gasteiger partial charge < -0.3 is 4.90 Å². The van der Waals surface area contributed by atoms with Gasteiger partial charge in [0.05, 0.1) is 0 Å². The molecule has 11 heavy (non-hydrogen) atoms. The van der Waals surface area contributed by atoms with E-state index < -0.39 is 0 Å². The minimum Gasteiger partial charge on any atom is -0.375 e. The third-order valence-corrected chi connectivity index (χ3v) is 2.33. The van der Waals surface area contributed by atoms with Crippen molar-refractivity contribution in [2.45, 2.75) is 39.5 Å². The molecule has 1 rings (SSSR count). The largest absolute Gasteiger partial charge is 0.375 e. The number of hydrogen-bond donors (Lipinski definition) is 0. The quantitative estimate of drug-likeness (QED) is 0.602. The summed E-state index contributed by atoms with van der Waals surface area (Å²) >= 11 is 0. The van der Waals surface area contributed by atoms with Crippen molar-refractivity contribution in [3.8, 4) is 0 Å². The predicted molar refractivity (Wildman–Crippen MR) is 49.5 cm³/mol. The minimum atomic E-state index is 1.24. The zero-order chi connectivity index (χ0) is 8.10. The lowest BCUT2D eigenvalue weighted by atomic mass is 10.3. The molecule has 0 atom stereocenters. The van der Waals surface area contributed by atoms with E-state index in [1.807, 2.05) is 0 Å². The van der Waals surface area contributed by atoms with E-state index >= 15 is 0 Å². The second kappa shape index (κ2) is 4.42. The van der Waals surface area contributed by atoms with Crippen molar-refractivity contribution in [2.75, 3.05) is 13.1 Å². The number of allylic oxidation sites excluding steroid dienone is 2.